The van der Waals surface area contributed by atoms with Crippen molar-refractivity contribution in [2.75, 3.05) is 0 Å². The van der Waals surface area contributed by atoms with E-state index in [9.17, 15) is 0 Å². The first-order chi connectivity index (χ1) is 14.7. The van der Waals surface area contributed by atoms with Crippen LogP contribution < -0.4 is 0 Å². The minimum absolute atomic E-state index is 0.175. The minimum atomic E-state index is -0.831. The second-order valence-corrected chi connectivity index (χ2v) is 8.66. The van der Waals surface area contributed by atoms with Crippen molar-refractivity contribution in [3.63, 3.8) is 0 Å². The number of alkyl halides is 1. The lowest BCUT2D eigenvalue weighted by molar-refractivity contribution is 0.192. The maximum absolute atomic E-state index is 15.3. The van der Waals surface area contributed by atoms with E-state index < -0.39 is 6.17 Å². The van der Waals surface area contributed by atoms with Gasteiger partial charge in [0.15, 0.2) is 0 Å². The molecule has 2 atom stereocenters. The fraction of sp³-hybridized carbons (Fsp3) is 0.393. The zero-order valence-corrected chi connectivity index (χ0v) is 17.8. The molecule has 3 aromatic rings. The fourth-order valence-corrected chi connectivity index (χ4v) is 4.90. The van der Waals surface area contributed by atoms with Crippen LogP contribution in [0.3, 0.4) is 0 Å². The second-order valence-electron chi connectivity index (χ2n) is 8.66. The Balaban J connectivity index is 1.54. The summed E-state index contributed by atoms with van der Waals surface area (Å²) in [4.78, 5) is 0. The predicted molar refractivity (Wildman–Crippen MR) is 123 cm³/mol. The Kier molecular flexibility index (Phi) is 6.48. The first-order valence-corrected chi connectivity index (χ1v) is 11.4. The number of nitriles is 1. The summed E-state index contributed by atoms with van der Waals surface area (Å²) < 4.78 is 15.3. The summed E-state index contributed by atoms with van der Waals surface area (Å²) in [6.07, 6.45) is 8.33. The van der Waals surface area contributed by atoms with Crippen LogP contribution in [0.4, 0.5) is 4.39 Å². The molecule has 0 spiro atoms. The Hall–Kier alpha value is -2.66. The number of hydrogen-bond donors (Lipinski definition) is 0. The van der Waals surface area contributed by atoms with Gasteiger partial charge in [-0.15, -0.1) is 0 Å². The molecule has 1 nitrogen and oxygen atoms in total. The summed E-state index contributed by atoms with van der Waals surface area (Å²) >= 11 is 0. The highest BCUT2D eigenvalue weighted by Crippen LogP contribution is 2.43. The molecular formula is C28H30FN. The van der Waals surface area contributed by atoms with Crippen LogP contribution in [0.25, 0.3) is 21.9 Å². The third-order valence-electron chi connectivity index (χ3n) is 6.67. The molecule has 2 heteroatoms. The Labute approximate surface area is 179 Å². The third-order valence-corrected chi connectivity index (χ3v) is 6.67. The Bertz CT molecular complexity index is 1040. The lowest BCUT2D eigenvalue weighted by atomic mass is 9.78. The zero-order chi connectivity index (χ0) is 20.9. The number of benzene rings is 3. The standard InChI is InChI=1S/C28H30FN/c1-2-3-4-5-6-7-22-12-16-26-25-15-13-23(21-10-8-20(19-30)9-11-21)18-24(25)14-17-27(26)28(22)29/h8-11,13-15,17-18,22,28H,2-7,12,16H2,1H3. The van der Waals surface area contributed by atoms with Gasteiger partial charge < -0.3 is 0 Å². The smallest absolute Gasteiger partial charge is 0.128 e. The van der Waals surface area contributed by atoms with Gasteiger partial charge in [0, 0.05) is 0 Å². The average molecular weight is 400 g/mol. The van der Waals surface area contributed by atoms with Crippen LogP contribution in [0.1, 0.15) is 74.7 Å². The van der Waals surface area contributed by atoms with Gasteiger partial charge in [0.1, 0.15) is 6.17 Å². The Morgan fingerprint density at radius 2 is 1.70 bits per heavy atom. The van der Waals surface area contributed by atoms with E-state index in [0.717, 1.165) is 42.4 Å². The van der Waals surface area contributed by atoms with Gasteiger partial charge in [-0.25, -0.2) is 4.39 Å². The molecule has 0 fully saturated rings. The number of unbranched alkanes of at least 4 members (excludes halogenated alkanes) is 4. The van der Waals surface area contributed by atoms with E-state index in [0.29, 0.717) is 5.56 Å². The van der Waals surface area contributed by atoms with Gasteiger partial charge in [-0.3, -0.25) is 0 Å². The van der Waals surface area contributed by atoms with Crippen molar-refractivity contribution in [1.82, 2.24) is 0 Å². The molecule has 2 unspecified atom stereocenters. The molecule has 0 radical (unpaired) electrons. The number of fused-ring (bicyclic) bond motifs is 3. The van der Waals surface area contributed by atoms with Crippen molar-refractivity contribution in [2.24, 2.45) is 5.92 Å². The highest BCUT2D eigenvalue weighted by molar-refractivity contribution is 5.91. The highest BCUT2D eigenvalue weighted by Gasteiger charge is 2.30. The second kappa shape index (κ2) is 9.43. The molecule has 1 aliphatic rings. The number of aryl methyl sites for hydroxylation is 1. The predicted octanol–water partition coefficient (Wildman–Crippen LogP) is 8.31. The van der Waals surface area contributed by atoms with Gasteiger partial charge >= 0.3 is 0 Å². The van der Waals surface area contributed by atoms with Crippen LogP contribution in [0.15, 0.2) is 54.6 Å². The molecule has 0 N–H and O–H groups in total. The molecule has 0 amide bonds. The van der Waals surface area contributed by atoms with E-state index in [1.54, 1.807) is 0 Å². The largest absolute Gasteiger partial charge is 0.242 e. The van der Waals surface area contributed by atoms with Gasteiger partial charge in [-0.1, -0.05) is 75.4 Å². The number of nitrogens with zero attached hydrogens (tertiary/aromatic N) is 1. The maximum atomic E-state index is 15.3. The quantitative estimate of drug-likeness (QED) is 0.366. The maximum Gasteiger partial charge on any atom is 0.128 e. The van der Waals surface area contributed by atoms with Crippen molar-refractivity contribution >= 4 is 10.8 Å². The average Bonchev–Trinajstić information content (AvgIpc) is 2.79. The van der Waals surface area contributed by atoms with E-state index in [1.807, 2.05) is 30.3 Å². The first-order valence-electron chi connectivity index (χ1n) is 11.4. The molecule has 0 bridgehead atoms. The summed E-state index contributed by atoms with van der Waals surface area (Å²) in [6.45, 7) is 2.23. The van der Waals surface area contributed by atoms with Crippen LogP contribution in [-0.4, -0.2) is 0 Å². The molecule has 0 heterocycles. The van der Waals surface area contributed by atoms with Crippen molar-refractivity contribution in [3.8, 4) is 17.2 Å². The van der Waals surface area contributed by atoms with Gasteiger partial charge in [-0.2, -0.15) is 5.26 Å². The van der Waals surface area contributed by atoms with Crippen LogP contribution in [0.5, 0.6) is 0 Å². The number of rotatable bonds is 7. The molecule has 30 heavy (non-hydrogen) atoms. The summed E-state index contributed by atoms with van der Waals surface area (Å²) in [5.74, 6) is 0.175. The zero-order valence-electron chi connectivity index (χ0n) is 17.8. The summed E-state index contributed by atoms with van der Waals surface area (Å²) in [6, 6.07) is 20.4. The Morgan fingerprint density at radius 3 is 2.47 bits per heavy atom. The molecule has 3 aromatic carbocycles. The van der Waals surface area contributed by atoms with Gasteiger partial charge in [0.05, 0.1) is 11.6 Å². The van der Waals surface area contributed by atoms with Crippen molar-refractivity contribution < 1.29 is 4.39 Å². The molecule has 0 aromatic heterocycles. The van der Waals surface area contributed by atoms with Gasteiger partial charge in [0.25, 0.3) is 0 Å². The van der Waals surface area contributed by atoms with Crippen molar-refractivity contribution in [2.45, 2.75) is 64.5 Å². The third kappa shape index (κ3) is 4.26. The fourth-order valence-electron chi connectivity index (χ4n) is 4.90. The van der Waals surface area contributed by atoms with E-state index in [4.69, 9.17) is 5.26 Å². The van der Waals surface area contributed by atoms with E-state index in [2.05, 4.69) is 37.3 Å². The van der Waals surface area contributed by atoms with E-state index in [1.165, 1.54) is 42.0 Å². The van der Waals surface area contributed by atoms with Crippen LogP contribution in [0, 0.1) is 17.2 Å². The normalized spacial score (nSPS) is 18.2. The van der Waals surface area contributed by atoms with Crippen molar-refractivity contribution in [1.29, 1.82) is 5.26 Å². The van der Waals surface area contributed by atoms with Crippen LogP contribution in [0.2, 0.25) is 0 Å². The molecular weight excluding hydrogens is 369 g/mol. The van der Waals surface area contributed by atoms with Gasteiger partial charge in [-0.05, 0) is 76.4 Å². The highest BCUT2D eigenvalue weighted by atomic mass is 19.1. The summed E-state index contributed by atoms with van der Waals surface area (Å²) in [5.41, 5.74) is 5.01. The van der Waals surface area contributed by atoms with Gasteiger partial charge in [0.2, 0.25) is 0 Å². The van der Waals surface area contributed by atoms with E-state index >= 15 is 4.39 Å². The van der Waals surface area contributed by atoms with Crippen LogP contribution >= 0.6 is 0 Å². The SMILES string of the molecule is CCCCCCCC1CCc2c(ccc3cc(-c4ccc(C#N)cc4)ccc23)C1F. The monoisotopic (exact) mass is 399 g/mol. The minimum Gasteiger partial charge on any atom is -0.242 e. The molecule has 4 rings (SSSR count). The molecule has 0 saturated carbocycles. The lowest BCUT2D eigenvalue weighted by Crippen LogP contribution is -2.18. The Morgan fingerprint density at radius 1 is 0.933 bits per heavy atom. The summed E-state index contributed by atoms with van der Waals surface area (Å²) in [7, 11) is 0. The molecule has 1 aliphatic carbocycles. The lowest BCUT2D eigenvalue weighted by Gasteiger charge is -2.29. The van der Waals surface area contributed by atoms with Crippen LogP contribution in [-0.2, 0) is 6.42 Å². The topological polar surface area (TPSA) is 23.8 Å². The van der Waals surface area contributed by atoms with E-state index in [-0.39, 0.29) is 5.92 Å². The molecule has 154 valence electrons. The van der Waals surface area contributed by atoms with Crippen molar-refractivity contribution in [3.05, 3.63) is 71.3 Å². The molecule has 0 aliphatic heterocycles. The summed E-state index contributed by atoms with van der Waals surface area (Å²) in [5, 5.41) is 11.4. The first kappa shape index (κ1) is 20.6. The number of halogens is 1. The molecule has 0 saturated heterocycles. The number of hydrogen-bond acceptors (Lipinski definition) is 1.